The average molecular weight is 120 g/mol. The molecule has 0 heterocycles. The van der Waals surface area contributed by atoms with E-state index in [0.29, 0.717) is 6.47 Å². The van der Waals surface area contributed by atoms with E-state index < -0.39 is 0 Å². The van der Waals surface area contributed by atoms with Gasteiger partial charge in [-0.2, -0.15) is 0 Å². The third-order valence-corrected chi connectivity index (χ3v) is 0. The van der Waals surface area contributed by atoms with Gasteiger partial charge in [0.05, 0.1) is 0 Å². The molecule has 0 aliphatic carbocycles. The Morgan fingerprint density at radius 2 is 1.60 bits per heavy atom. The van der Waals surface area contributed by atoms with Crippen LogP contribution in [0.25, 0.3) is 0 Å². The normalized spacial score (nSPS) is 3.60. The fourth-order valence-corrected chi connectivity index (χ4v) is 0. The van der Waals surface area contributed by atoms with Crippen molar-refractivity contribution in [3.63, 3.8) is 0 Å². The van der Waals surface area contributed by atoms with Gasteiger partial charge in [-0.3, -0.25) is 0 Å². The monoisotopic (exact) mass is 119 g/mol. The fraction of sp³-hybridized carbons (Fsp3) is 0. The van der Waals surface area contributed by atoms with Crippen molar-refractivity contribution < 1.29 is 29.2 Å². The molecule has 0 aliphatic rings. The molecule has 0 bridgehead atoms. The first kappa shape index (κ1) is 8.83. The van der Waals surface area contributed by atoms with Crippen LogP contribution in [0.5, 0.6) is 0 Å². The molecule has 3 nitrogen and oxygen atoms in total. The SMILES string of the molecule is O=[C-]O.[O]=[Ni]. The van der Waals surface area contributed by atoms with Crippen LogP contribution in [0, 0.1) is 0 Å². The Hall–Kier alpha value is -0.236. The van der Waals surface area contributed by atoms with Gasteiger partial charge in [-0.1, -0.05) is 6.47 Å². The summed E-state index contributed by atoms with van der Waals surface area (Å²) in [5, 5.41) is 6.76. The summed E-state index contributed by atoms with van der Waals surface area (Å²) in [7, 11) is 0. The molecule has 0 fully saturated rings. The van der Waals surface area contributed by atoms with Crippen LogP contribution in [0.15, 0.2) is 0 Å². The molecule has 0 aromatic heterocycles. The van der Waals surface area contributed by atoms with Gasteiger partial charge < -0.3 is 9.90 Å². The second-order valence-corrected chi connectivity index (χ2v) is 0.0913. The molecule has 0 atom stereocenters. The summed E-state index contributed by atoms with van der Waals surface area (Å²) in [6.45, 7) is 0.500. The molecular weight excluding hydrogens is 119 g/mol. The van der Waals surface area contributed by atoms with E-state index in [4.69, 9.17) is 13.8 Å². The third-order valence-electron chi connectivity index (χ3n) is 0. The predicted octanol–water partition coefficient (Wildman–Crippen LogP) is -0.510. The number of hydrogen-bond donors (Lipinski definition) is 1. The fourth-order valence-electron chi connectivity index (χ4n) is 0. The van der Waals surface area contributed by atoms with E-state index in [1.54, 1.807) is 0 Å². The Morgan fingerprint density at radius 3 is 1.60 bits per heavy atom. The van der Waals surface area contributed by atoms with Crippen molar-refractivity contribution in [1.82, 2.24) is 0 Å². The van der Waals surface area contributed by atoms with E-state index in [1.807, 2.05) is 0 Å². The zero-order valence-corrected chi connectivity index (χ0v) is 3.07. The van der Waals surface area contributed by atoms with Crippen molar-refractivity contribution in [2.45, 2.75) is 0 Å². The van der Waals surface area contributed by atoms with Gasteiger partial charge in [0, 0.05) is 0 Å². The summed E-state index contributed by atoms with van der Waals surface area (Å²) < 4.78 is 7.88. The Labute approximate surface area is 36.5 Å². The first-order valence-electron chi connectivity index (χ1n) is 0.557. The van der Waals surface area contributed by atoms with Crippen LogP contribution < -0.4 is 0 Å². The molecule has 0 aromatic carbocycles. The minimum absolute atomic E-state index is 0.500. The number of hydrogen-bond acceptors (Lipinski definition) is 2. The Kier molecular flexibility index (Phi) is 87.1. The van der Waals surface area contributed by atoms with Crippen LogP contribution in [0.1, 0.15) is 0 Å². The quantitative estimate of drug-likeness (QED) is 0.345. The van der Waals surface area contributed by atoms with Crippen molar-refractivity contribution >= 4 is 6.47 Å². The van der Waals surface area contributed by atoms with Gasteiger partial charge in [-0.05, 0) is 0 Å². The molecule has 0 aromatic rings. The number of rotatable bonds is 0. The summed E-state index contributed by atoms with van der Waals surface area (Å²) in [5.41, 5.74) is 0. The van der Waals surface area contributed by atoms with E-state index in [2.05, 4.69) is 15.4 Å². The van der Waals surface area contributed by atoms with Crippen LogP contribution in [0.2, 0.25) is 0 Å². The Morgan fingerprint density at radius 1 is 1.60 bits per heavy atom. The van der Waals surface area contributed by atoms with E-state index in [9.17, 15) is 0 Å². The molecule has 4 heteroatoms. The van der Waals surface area contributed by atoms with Crippen LogP contribution in [-0.4, -0.2) is 11.6 Å². The van der Waals surface area contributed by atoms with Gasteiger partial charge in [-0.25, -0.2) is 0 Å². The first-order valence-corrected chi connectivity index (χ1v) is 0.960. The van der Waals surface area contributed by atoms with E-state index in [1.165, 1.54) is 0 Å². The first-order chi connectivity index (χ1) is 2.41. The van der Waals surface area contributed by atoms with E-state index in [0.717, 1.165) is 0 Å². The second-order valence-electron chi connectivity index (χ2n) is 0.0913. The molecule has 0 unspecified atom stereocenters. The summed E-state index contributed by atoms with van der Waals surface area (Å²) >= 11 is 2.62. The summed E-state index contributed by atoms with van der Waals surface area (Å²) in [4.78, 5) is 8.24. The van der Waals surface area contributed by atoms with Crippen LogP contribution >= 0.6 is 0 Å². The summed E-state index contributed by atoms with van der Waals surface area (Å²) in [6.07, 6.45) is 0. The molecular formula is CHNiO3-. The predicted molar refractivity (Wildman–Crippen MR) is 9.01 cm³/mol. The van der Waals surface area contributed by atoms with Crippen molar-refractivity contribution in [1.29, 1.82) is 0 Å². The maximum atomic E-state index is 8.24. The Balaban J connectivity index is 0. The van der Waals surface area contributed by atoms with Crippen LogP contribution in [0.4, 0.5) is 0 Å². The minimum atomic E-state index is 0.500. The molecule has 0 spiro atoms. The van der Waals surface area contributed by atoms with Crippen LogP contribution in [0.3, 0.4) is 0 Å². The van der Waals surface area contributed by atoms with Gasteiger partial charge >= 0.3 is 19.3 Å². The van der Waals surface area contributed by atoms with Gasteiger partial charge in [-0.15, -0.1) is 0 Å². The molecule has 0 aliphatic heterocycles. The van der Waals surface area contributed by atoms with Crippen molar-refractivity contribution in [2.75, 3.05) is 0 Å². The van der Waals surface area contributed by atoms with Crippen LogP contribution in [-0.2, 0) is 24.1 Å². The summed E-state index contributed by atoms with van der Waals surface area (Å²) in [6, 6.07) is 0. The molecule has 5 heavy (non-hydrogen) atoms. The van der Waals surface area contributed by atoms with E-state index >= 15 is 0 Å². The maximum absolute atomic E-state index is 8.24. The molecule has 0 rings (SSSR count). The standard InChI is InChI=1S/CHO2.Ni.O/c2-1-3;;/h(H,2,3);;/q-1;;. The summed E-state index contributed by atoms with van der Waals surface area (Å²) in [5.74, 6) is 0. The molecule has 0 radical (unpaired) electrons. The number of aliphatic hydroxyl groups excluding tert-OH is 1. The van der Waals surface area contributed by atoms with Gasteiger partial charge in [0.25, 0.3) is 0 Å². The molecule has 1 N–H and O–H groups in total. The molecule has 0 saturated heterocycles. The zero-order valence-electron chi connectivity index (χ0n) is 2.08. The van der Waals surface area contributed by atoms with E-state index in [-0.39, 0.29) is 0 Å². The second kappa shape index (κ2) is 49.3. The van der Waals surface area contributed by atoms with Gasteiger partial charge in [0.1, 0.15) is 0 Å². The zero-order chi connectivity index (χ0) is 4.71. The Bertz CT molecular complexity index is 20.9. The van der Waals surface area contributed by atoms with Crippen molar-refractivity contribution in [2.24, 2.45) is 0 Å². The topological polar surface area (TPSA) is 54.4 Å². The molecule has 34 valence electrons. The van der Waals surface area contributed by atoms with Gasteiger partial charge in [0.15, 0.2) is 0 Å². The third kappa shape index (κ3) is 209. The molecule has 0 amide bonds. The van der Waals surface area contributed by atoms with Gasteiger partial charge in [0.2, 0.25) is 0 Å². The van der Waals surface area contributed by atoms with Crippen molar-refractivity contribution in [3.8, 4) is 0 Å². The van der Waals surface area contributed by atoms with Crippen molar-refractivity contribution in [3.05, 3.63) is 0 Å². The molecule has 0 saturated carbocycles. The average Bonchev–Trinajstić information content (AvgIpc) is 1.46.